The van der Waals surface area contributed by atoms with Crippen molar-refractivity contribution < 1.29 is 33.4 Å². The zero-order valence-electron chi connectivity index (χ0n) is 21.8. The van der Waals surface area contributed by atoms with Gasteiger partial charge in [0, 0.05) is 0 Å². The van der Waals surface area contributed by atoms with Crippen molar-refractivity contribution in [2.24, 2.45) is 0 Å². The van der Waals surface area contributed by atoms with Crippen molar-refractivity contribution in [3.63, 3.8) is 0 Å². The van der Waals surface area contributed by atoms with E-state index >= 15 is 0 Å². The molecule has 0 aliphatic rings. The normalized spacial score (nSPS) is 10.4. The molecule has 1 atom stereocenters. The number of aliphatic carboxylic acids is 1. The summed E-state index contributed by atoms with van der Waals surface area (Å²) in [7, 11) is 0. The number of ether oxygens (including phenoxy) is 1. The van der Waals surface area contributed by atoms with E-state index in [9.17, 15) is 23.6 Å². The maximum Gasteiger partial charge on any atom is 0.419 e. The first-order chi connectivity index (χ1) is 17.2. The van der Waals surface area contributed by atoms with Crippen LogP contribution >= 0.6 is 0 Å². The fourth-order valence-electron chi connectivity index (χ4n) is 2.90. The van der Waals surface area contributed by atoms with E-state index in [1.165, 1.54) is 11.3 Å². The molecule has 0 saturated carbocycles. The number of nitrogens with zero attached hydrogens (tertiary/aromatic N) is 1. The van der Waals surface area contributed by atoms with Gasteiger partial charge in [0.2, 0.25) is 0 Å². The van der Waals surface area contributed by atoms with Crippen LogP contribution in [0.3, 0.4) is 0 Å². The molecule has 0 fully saturated rings. The van der Waals surface area contributed by atoms with Crippen LogP contribution in [0.2, 0.25) is 0 Å². The first-order valence-electron chi connectivity index (χ1n) is 11.8. The number of anilines is 2. The maximum absolute atomic E-state index is 12.9. The minimum Gasteiger partial charge on any atom is -0.481 e. The number of amides is 2. The fourth-order valence-corrected chi connectivity index (χ4v) is 2.90. The predicted octanol–water partition coefficient (Wildman–Crippen LogP) is 5.52. The first-order valence-corrected chi connectivity index (χ1v) is 11.8. The number of halogens is 1. The van der Waals surface area contributed by atoms with Crippen LogP contribution in [0.1, 0.15) is 51.7 Å². The molecule has 1 unspecified atom stereocenters. The number of hydrogen-bond acceptors (Lipinski definition) is 5. The largest absolute Gasteiger partial charge is 0.481 e. The van der Waals surface area contributed by atoms with Gasteiger partial charge in [-0.3, -0.25) is 14.4 Å². The molecule has 2 amide bonds. The maximum atomic E-state index is 12.9. The number of ketones is 1. The second-order valence-corrected chi connectivity index (χ2v) is 7.49. The minimum absolute atomic E-state index is 0.554. The van der Waals surface area contributed by atoms with Gasteiger partial charge in [-0.25, -0.2) is 14.1 Å². The van der Waals surface area contributed by atoms with E-state index in [2.05, 4.69) is 19.2 Å². The lowest BCUT2D eigenvalue weighted by Crippen LogP contribution is -2.45. The van der Waals surface area contributed by atoms with Crippen LogP contribution in [0.4, 0.5) is 20.6 Å². The molecule has 0 radical (unpaired) electrons. The van der Waals surface area contributed by atoms with Crippen LogP contribution in [0.5, 0.6) is 0 Å². The lowest BCUT2D eigenvalue weighted by atomic mass is 10.1. The predicted molar refractivity (Wildman–Crippen MR) is 138 cm³/mol. The highest BCUT2D eigenvalue weighted by Gasteiger charge is 2.26. The Hall–Kier alpha value is -3.75. The third-order valence-corrected chi connectivity index (χ3v) is 4.46. The van der Waals surface area contributed by atoms with Crippen LogP contribution < -0.4 is 10.2 Å². The number of carbonyl (C=O) groups is 4. The Bertz CT molecular complexity index is 950. The Kier molecular flexibility index (Phi) is 15.8. The van der Waals surface area contributed by atoms with Crippen LogP contribution in [0.25, 0.3) is 0 Å². The zero-order valence-corrected chi connectivity index (χ0v) is 21.8. The van der Waals surface area contributed by atoms with Crippen molar-refractivity contribution >= 4 is 35.1 Å². The molecule has 0 saturated heterocycles. The summed E-state index contributed by atoms with van der Waals surface area (Å²) in [6.45, 7) is 9.69. The molecule has 0 bridgehead atoms. The van der Waals surface area contributed by atoms with Crippen LogP contribution in [-0.2, 0) is 19.1 Å². The van der Waals surface area contributed by atoms with Crippen molar-refractivity contribution in [3.05, 3.63) is 59.7 Å². The summed E-state index contributed by atoms with van der Waals surface area (Å²) in [6, 6.07) is 12.7. The molecule has 2 aromatic rings. The van der Waals surface area contributed by atoms with E-state index < -0.39 is 49.5 Å². The van der Waals surface area contributed by atoms with Crippen LogP contribution in [0.15, 0.2) is 48.5 Å². The van der Waals surface area contributed by atoms with E-state index in [0.29, 0.717) is 11.4 Å². The topological polar surface area (TPSA) is 113 Å². The quantitative estimate of drug-likeness (QED) is 0.465. The monoisotopic (exact) mass is 504 g/mol. The smallest absolute Gasteiger partial charge is 0.419 e. The Morgan fingerprint density at radius 1 is 0.944 bits per heavy atom. The molecule has 198 valence electrons. The number of benzene rings is 2. The van der Waals surface area contributed by atoms with Gasteiger partial charge in [-0.2, -0.15) is 0 Å². The average molecular weight is 505 g/mol. The third kappa shape index (κ3) is 10.7. The van der Waals surface area contributed by atoms with E-state index in [4.69, 9.17) is 9.84 Å². The van der Waals surface area contributed by atoms with Gasteiger partial charge < -0.3 is 15.2 Å². The summed E-state index contributed by atoms with van der Waals surface area (Å²) in [6.07, 6.45) is -0.369. The summed E-state index contributed by atoms with van der Waals surface area (Å²) in [5.74, 6) is -3.38. The number of rotatable bonds is 9. The van der Waals surface area contributed by atoms with Crippen molar-refractivity contribution in [1.82, 2.24) is 5.32 Å². The number of carbonyl (C=O) groups excluding carboxylic acids is 3. The van der Waals surface area contributed by atoms with Gasteiger partial charge >= 0.3 is 12.1 Å². The number of hydrogen-bond donors (Lipinski definition) is 2. The molecule has 0 heterocycles. The number of carboxylic acid groups (broad SMARTS) is 1. The number of para-hydroxylation sites is 2. The van der Waals surface area contributed by atoms with Crippen LogP contribution in [0, 0.1) is 13.8 Å². The summed E-state index contributed by atoms with van der Waals surface area (Å²) in [4.78, 5) is 48.7. The lowest BCUT2D eigenvalue weighted by molar-refractivity contribution is -0.140. The highest BCUT2D eigenvalue weighted by atomic mass is 19.1. The summed E-state index contributed by atoms with van der Waals surface area (Å²) >= 11 is 0. The number of aryl methyl sites for hydroxylation is 2. The Labute approximate surface area is 212 Å². The van der Waals surface area contributed by atoms with Gasteiger partial charge in [0.05, 0.1) is 17.8 Å². The van der Waals surface area contributed by atoms with E-state index in [0.717, 1.165) is 11.1 Å². The second-order valence-electron chi connectivity index (χ2n) is 7.49. The number of Topliss-reactive ketones (excluding diaryl/α,β-unsaturated/α-hetero) is 1. The van der Waals surface area contributed by atoms with Crippen LogP contribution in [-0.4, -0.2) is 48.2 Å². The molecule has 0 aromatic heterocycles. The van der Waals surface area contributed by atoms with Gasteiger partial charge in [0.1, 0.15) is 12.7 Å². The highest BCUT2D eigenvalue weighted by molar-refractivity contribution is 5.99. The van der Waals surface area contributed by atoms with Crippen molar-refractivity contribution in [1.29, 1.82) is 0 Å². The molecule has 2 rings (SSSR count). The molecule has 0 spiro atoms. The Morgan fingerprint density at radius 3 is 1.78 bits per heavy atom. The molecule has 0 aliphatic carbocycles. The molecule has 8 nitrogen and oxygen atoms in total. The van der Waals surface area contributed by atoms with Crippen molar-refractivity contribution in [3.8, 4) is 0 Å². The minimum atomic E-state index is -1.54. The van der Waals surface area contributed by atoms with Gasteiger partial charge in [0.15, 0.2) is 12.4 Å². The molecule has 9 heteroatoms. The lowest BCUT2D eigenvalue weighted by Gasteiger charge is -2.25. The molecular formula is C27H37FN2O6. The SMILES string of the molecule is CC.CCC.Cc1ccccc1N(C(=O)OCC(=O)NC(CC(=O)O)C(=O)CF)c1ccccc1C. The summed E-state index contributed by atoms with van der Waals surface area (Å²) in [5.41, 5.74) is 2.70. The van der Waals surface area contributed by atoms with E-state index in [1.54, 1.807) is 24.3 Å². The standard InChI is InChI=1S/C22H23FN2O6.C3H8.C2H6/c1-14-7-3-5-9-17(14)25(18-10-6-4-8-15(18)2)22(30)31-13-20(27)24-16(11-21(28)29)19(26)12-23;1-3-2;1-2/h3-10,16H,11-13H2,1-2H3,(H,24,27)(H,28,29);3H2,1-2H3;1-2H3. The number of carboxylic acids is 1. The number of nitrogens with one attached hydrogen (secondary N) is 1. The first kappa shape index (κ1) is 32.2. The zero-order chi connectivity index (χ0) is 27.7. The molecule has 36 heavy (non-hydrogen) atoms. The van der Waals surface area contributed by atoms with Gasteiger partial charge in [-0.15, -0.1) is 0 Å². The number of alkyl halides is 1. The van der Waals surface area contributed by atoms with Gasteiger partial charge in [-0.1, -0.05) is 70.5 Å². The van der Waals surface area contributed by atoms with Crippen molar-refractivity contribution in [2.75, 3.05) is 18.2 Å². The molecular weight excluding hydrogens is 467 g/mol. The summed E-state index contributed by atoms with van der Waals surface area (Å²) in [5, 5.41) is 10.9. The molecule has 2 aromatic carbocycles. The van der Waals surface area contributed by atoms with E-state index in [-0.39, 0.29) is 0 Å². The fraction of sp³-hybridized carbons (Fsp3) is 0.407. The Balaban J connectivity index is 0.00000227. The Morgan fingerprint density at radius 2 is 1.39 bits per heavy atom. The third-order valence-electron chi connectivity index (χ3n) is 4.46. The highest BCUT2D eigenvalue weighted by Crippen LogP contribution is 2.31. The second kappa shape index (κ2) is 17.7. The van der Waals surface area contributed by atoms with Gasteiger partial charge in [-0.05, 0) is 37.1 Å². The van der Waals surface area contributed by atoms with Crippen molar-refractivity contribution in [2.45, 2.75) is 60.4 Å². The molecule has 2 N–H and O–H groups in total. The summed E-state index contributed by atoms with van der Waals surface area (Å²) < 4.78 is 17.7. The van der Waals surface area contributed by atoms with Gasteiger partial charge in [0.25, 0.3) is 5.91 Å². The average Bonchev–Trinajstić information content (AvgIpc) is 2.85. The molecule has 0 aliphatic heterocycles. The van der Waals surface area contributed by atoms with E-state index in [1.807, 2.05) is 52.0 Å².